The molecule has 0 saturated carbocycles. The highest BCUT2D eigenvalue weighted by Crippen LogP contribution is 2.18. The van der Waals surface area contributed by atoms with Crippen molar-refractivity contribution in [1.29, 1.82) is 0 Å². The van der Waals surface area contributed by atoms with Crippen molar-refractivity contribution in [2.45, 2.75) is 40.7 Å². The summed E-state index contributed by atoms with van der Waals surface area (Å²) in [5, 5.41) is 0. The summed E-state index contributed by atoms with van der Waals surface area (Å²) < 4.78 is 12.6. The van der Waals surface area contributed by atoms with Crippen molar-refractivity contribution in [3.63, 3.8) is 0 Å². The number of ether oxygens (including phenoxy) is 1. The van der Waals surface area contributed by atoms with Gasteiger partial charge in [-0.2, -0.15) is 0 Å². The maximum Gasteiger partial charge on any atom is 0.310 e. The fourth-order valence-electron chi connectivity index (χ4n) is 3.24. The molecule has 2 aromatic heterocycles. The molecule has 0 fully saturated rings. The molecule has 28 heavy (non-hydrogen) atoms. The van der Waals surface area contributed by atoms with Crippen molar-refractivity contribution in [3.8, 4) is 0 Å². The topological polar surface area (TPSA) is 61.4 Å². The van der Waals surface area contributed by atoms with Crippen LogP contribution in [0.4, 0.5) is 0 Å². The van der Waals surface area contributed by atoms with Crippen molar-refractivity contribution >= 4 is 11.8 Å². The third-order valence-electron chi connectivity index (χ3n) is 5.05. The Morgan fingerprint density at radius 3 is 2.50 bits per heavy atom. The fourth-order valence-corrected chi connectivity index (χ4v) is 3.24. The Morgan fingerprint density at radius 2 is 1.82 bits per heavy atom. The maximum absolute atomic E-state index is 12.6. The Morgan fingerprint density at radius 1 is 1.04 bits per heavy atom. The first kappa shape index (κ1) is 19.7. The number of ketones is 1. The molecule has 0 N–H and O–H groups in total. The molecule has 0 atom stereocenters. The Balaban J connectivity index is 1.61. The largest absolute Gasteiger partial charge is 0.467 e. The molecule has 0 saturated heterocycles. The summed E-state index contributed by atoms with van der Waals surface area (Å²) in [6, 6.07) is 11.4. The number of hydrogen-bond donors (Lipinski definition) is 0. The lowest BCUT2D eigenvalue weighted by atomic mass is 10.0. The van der Waals surface area contributed by atoms with Crippen molar-refractivity contribution < 1.29 is 18.7 Å². The molecule has 0 bridgehead atoms. The van der Waals surface area contributed by atoms with E-state index in [1.54, 1.807) is 6.26 Å². The van der Waals surface area contributed by atoms with Crippen molar-refractivity contribution in [1.82, 2.24) is 4.57 Å². The van der Waals surface area contributed by atoms with Crippen LogP contribution < -0.4 is 0 Å². The number of Topliss-reactive ketones (excluding diaryl/α,β-unsaturated/α-hetero) is 1. The molecule has 3 aromatic rings. The molecular weight excluding hydrogens is 354 g/mol. The quantitative estimate of drug-likeness (QED) is 0.453. The first-order valence-corrected chi connectivity index (χ1v) is 9.29. The van der Waals surface area contributed by atoms with Gasteiger partial charge in [0.1, 0.15) is 5.76 Å². The zero-order valence-corrected chi connectivity index (χ0v) is 16.7. The number of benzene rings is 1. The molecule has 0 amide bonds. The smallest absolute Gasteiger partial charge is 0.310 e. The van der Waals surface area contributed by atoms with Crippen LogP contribution in [0.1, 0.15) is 44.2 Å². The van der Waals surface area contributed by atoms with E-state index in [0.29, 0.717) is 12.1 Å². The lowest BCUT2D eigenvalue weighted by Gasteiger charge is -2.08. The van der Waals surface area contributed by atoms with E-state index in [2.05, 4.69) is 0 Å². The Bertz CT molecular complexity index is 996. The van der Waals surface area contributed by atoms with Crippen LogP contribution in [-0.4, -0.2) is 22.9 Å². The van der Waals surface area contributed by atoms with Crippen molar-refractivity contribution in [3.05, 3.63) is 82.1 Å². The summed E-state index contributed by atoms with van der Waals surface area (Å²) in [4.78, 5) is 24.7. The molecule has 5 nitrogen and oxygen atoms in total. The summed E-state index contributed by atoms with van der Waals surface area (Å²) in [7, 11) is 0. The molecule has 0 unspecified atom stereocenters. The third kappa shape index (κ3) is 4.42. The zero-order valence-electron chi connectivity index (χ0n) is 16.7. The van der Waals surface area contributed by atoms with E-state index in [1.807, 2.05) is 68.7 Å². The molecular formula is C23H25NO4. The molecule has 0 aliphatic heterocycles. The van der Waals surface area contributed by atoms with E-state index in [0.717, 1.165) is 28.3 Å². The highest BCUT2D eigenvalue weighted by Gasteiger charge is 2.18. The van der Waals surface area contributed by atoms with Gasteiger partial charge in [0.15, 0.2) is 6.61 Å². The van der Waals surface area contributed by atoms with Gasteiger partial charge in [0, 0.05) is 17.0 Å². The Kier molecular flexibility index (Phi) is 5.83. The van der Waals surface area contributed by atoms with Crippen LogP contribution in [0, 0.1) is 27.7 Å². The lowest BCUT2D eigenvalue weighted by Crippen LogP contribution is -2.16. The standard InChI is InChI=1S/C23H25NO4/c1-15-7-8-19(10-16(15)2)12-23(26)28-14-22(25)21-11-17(3)24(18(21)4)13-20-6-5-9-27-20/h5-11H,12-14H2,1-4H3. The van der Waals surface area contributed by atoms with Crippen LogP contribution in [0.3, 0.4) is 0 Å². The van der Waals surface area contributed by atoms with E-state index in [1.165, 1.54) is 5.56 Å². The van der Waals surface area contributed by atoms with Crippen LogP contribution in [0.2, 0.25) is 0 Å². The number of rotatable bonds is 7. The summed E-state index contributed by atoms with van der Waals surface area (Å²) in [5.41, 5.74) is 5.56. The predicted molar refractivity (Wildman–Crippen MR) is 107 cm³/mol. The second-order valence-electron chi connectivity index (χ2n) is 7.13. The summed E-state index contributed by atoms with van der Waals surface area (Å²) in [6.07, 6.45) is 1.79. The van der Waals surface area contributed by atoms with Crippen LogP contribution in [0.25, 0.3) is 0 Å². The monoisotopic (exact) mass is 379 g/mol. The number of hydrogen-bond acceptors (Lipinski definition) is 4. The molecule has 3 rings (SSSR count). The van der Waals surface area contributed by atoms with Crippen LogP contribution in [-0.2, 0) is 22.5 Å². The molecule has 5 heteroatoms. The zero-order chi connectivity index (χ0) is 20.3. The number of carbonyl (C=O) groups is 2. The third-order valence-corrected chi connectivity index (χ3v) is 5.05. The lowest BCUT2D eigenvalue weighted by molar-refractivity contribution is -0.141. The van der Waals surface area contributed by atoms with E-state index < -0.39 is 5.97 Å². The summed E-state index contributed by atoms with van der Waals surface area (Å²) >= 11 is 0. The van der Waals surface area contributed by atoms with E-state index >= 15 is 0 Å². The molecule has 1 aromatic carbocycles. The van der Waals surface area contributed by atoms with E-state index in [-0.39, 0.29) is 18.8 Å². The van der Waals surface area contributed by atoms with Gasteiger partial charge in [-0.15, -0.1) is 0 Å². The molecule has 0 aliphatic rings. The highest BCUT2D eigenvalue weighted by molar-refractivity contribution is 5.99. The summed E-state index contributed by atoms with van der Waals surface area (Å²) in [5.74, 6) is 0.217. The fraction of sp³-hybridized carbons (Fsp3) is 0.304. The average Bonchev–Trinajstić information content (AvgIpc) is 3.26. The second-order valence-corrected chi connectivity index (χ2v) is 7.13. The van der Waals surface area contributed by atoms with E-state index in [4.69, 9.17) is 9.15 Å². The van der Waals surface area contributed by atoms with Crippen LogP contribution >= 0.6 is 0 Å². The number of aromatic nitrogens is 1. The van der Waals surface area contributed by atoms with Gasteiger partial charge in [-0.25, -0.2) is 0 Å². The van der Waals surface area contributed by atoms with Crippen LogP contribution in [0.5, 0.6) is 0 Å². The SMILES string of the molecule is Cc1ccc(CC(=O)OCC(=O)c2cc(C)n(Cc3ccco3)c2C)cc1C. The van der Waals surface area contributed by atoms with Crippen molar-refractivity contribution in [2.75, 3.05) is 6.61 Å². The van der Waals surface area contributed by atoms with E-state index in [9.17, 15) is 9.59 Å². The molecule has 0 aliphatic carbocycles. The van der Waals surface area contributed by atoms with Gasteiger partial charge in [-0.3, -0.25) is 9.59 Å². The average molecular weight is 379 g/mol. The van der Waals surface area contributed by atoms with Gasteiger partial charge in [0.2, 0.25) is 5.78 Å². The van der Waals surface area contributed by atoms with Gasteiger partial charge in [-0.05, 0) is 62.6 Å². The number of nitrogens with zero attached hydrogens (tertiary/aromatic N) is 1. The molecule has 0 radical (unpaired) electrons. The Hall–Kier alpha value is -3.08. The normalized spacial score (nSPS) is 10.9. The minimum Gasteiger partial charge on any atom is -0.467 e. The number of carbonyl (C=O) groups excluding carboxylic acids is 2. The molecule has 2 heterocycles. The Labute approximate surface area is 164 Å². The highest BCUT2D eigenvalue weighted by atomic mass is 16.5. The number of esters is 1. The van der Waals surface area contributed by atoms with Gasteiger partial charge in [-0.1, -0.05) is 18.2 Å². The molecule has 0 spiro atoms. The van der Waals surface area contributed by atoms with Crippen LogP contribution in [0.15, 0.2) is 47.1 Å². The van der Waals surface area contributed by atoms with Gasteiger partial charge < -0.3 is 13.7 Å². The minimum absolute atomic E-state index is 0.159. The number of furan rings is 1. The van der Waals surface area contributed by atoms with Gasteiger partial charge >= 0.3 is 5.97 Å². The molecule has 146 valence electrons. The minimum atomic E-state index is -0.402. The van der Waals surface area contributed by atoms with Gasteiger partial charge in [0.05, 0.1) is 19.2 Å². The van der Waals surface area contributed by atoms with Crippen molar-refractivity contribution in [2.24, 2.45) is 0 Å². The first-order valence-electron chi connectivity index (χ1n) is 9.29. The van der Waals surface area contributed by atoms with Gasteiger partial charge in [0.25, 0.3) is 0 Å². The first-order chi connectivity index (χ1) is 13.3. The summed E-state index contributed by atoms with van der Waals surface area (Å²) in [6.45, 7) is 8.17. The second kappa shape index (κ2) is 8.30. The number of aryl methyl sites for hydroxylation is 3. The maximum atomic E-state index is 12.6. The predicted octanol–water partition coefficient (Wildman–Crippen LogP) is 4.33.